The molecule has 0 saturated carbocycles. The van der Waals surface area contributed by atoms with Gasteiger partial charge in [0.25, 0.3) is 0 Å². The molecule has 1 heterocycles. The molecule has 0 aliphatic rings. The van der Waals surface area contributed by atoms with Gasteiger partial charge in [0.2, 0.25) is 0 Å². The van der Waals surface area contributed by atoms with Crippen LogP contribution in [0.3, 0.4) is 0 Å². The Hall–Kier alpha value is -2.92. The second-order valence-corrected chi connectivity index (χ2v) is 9.42. The lowest BCUT2D eigenvalue weighted by Gasteiger charge is -2.21. The van der Waals surface area contributed by atoms with Gasteiger partial charge in [-0.2, -0.15) is 0 Å². The molecule has 0 N–H and O–H groups in total. The Balaban J connectivity index is 2.08. The Labute approximate surface area is 193 Å². The average molecular weight is 467 g/mol. The first-order valence-corrected chi connectivity index (χ1v) is 12.5. The number of rotatable bonds is 9. The van der Waals surface area contributed by atoms with E-state index in [2.05, 4.69) is 0 Å². The summed E-state index contributed by atoms with van der Waals surface area (Å²) in [5, 5.41) is 1.31. The van der Waals surface area contributed by atoms with Gasteiger partial charge in [0.05, 0.1) is 20.3 Å². The molecule has 4 rings (SSSR count). The van der Waals surface area contributed by atoms with Gasteiger partial charge in [0.1, 0.15) is 17.0 Å². The van der Waals surface area contributed by atoms with Crippen LogP contribution in [0, 0.1) is 5.82 Å². The molecule has 0 bridgehead atoms. The molecule has 0 saturated heterocycles. The highest BCUT2D eigenvalue weighted by Gasteiger charge is 2.36. The van der Waals surface area contributed by atoms with Crippen LogP contribution in [0.2, 0.25) is 0 Å². The maximum atomic E-state index is 14.4. The van der Waals surface area contributed by atoms with Gasteiger partial charge in [-0.1, -0.05) is 30.3 Å². The van der Waals surface area contributed by atoms with Gasteiger partial charge in [-0.25, -0.2) is 4.39 Å². The monoisotopic (exact) mass is 467 g/mol. The summed E-state index contributed by atoms with van der Waals surface area (Å²) >= 11 is 0. The first kappa shape index (κ1) is 23.2. The van der Waals surface area contributed by atoms with Gasteiger partial charge >= 0.3 is 7.60 Å². The molecule has 0 unspecified atom stereocenters. The van der Waals surface area contributed by atoms with Crippen LogP contribution >= 0.6 is 7.60 Å². The van der Waals surface area contributed by atoms with Crippen molar-refractivity contribution in [1.29, 1.82) is 0 Å². The zero-order valence-corrected chi connectivity index (χ0v) is 19.8. The summed E-state index contributed by atoms with van der Waals surface area (Å²) in [6.07, 6.45) is 0.505. The topological polar surface area (TPSA) is 49.7 Å². The minimum absolute atomic E-state index is 0.210. The molecular weight excluding hydrogens is 440 g/mol. The number of methoxy groups -OCH3 is 1. The maximum absolute atomic E-state index is 14.4. The van der Waals surface area contributed by atoms with E-state index in [1.807, 2.05) is 59.2 Å². The van der Waals surface area contributed by atoms with Crippen molar-refractivity contribution in [2.45, 2.75) is 20.3 Å². The molecule has 0 fully saturated rings. The van der Waals surface area contributed by atoms with E-state index in [9.17, 15) is 8.96 Å². The van der Waals surface area contributed by atoms with E-state index in [-0.39, 0.29) is 19.0 Å². The third-order valence-electron chi connectivity index (χ3n) is 5.42. The van der Waals surface area contributed by atoms with E-state index in [4.69, 9.17) is 13.8 Å². The molecule has 33 heavy (non-hydrogen) atoms. The number of benzene rings is 3. The number of fused-ring (bicyclic) bond motifs is 1. The normalized spacial score (nSPS) is 11.8. The van der Waals surface area contributed by atoms with Crippen LogP contribution in [0.1, 0.15) is 25.1 Å². The van der Waals surface area contributed by atoms with E-state index in [0.717, 1.165) is 16.9 Å². The molecule has 1 aromatic heterocycles. The van der Waals surface area contributed by atoms with Gasteiger partial charge < -0.3 is 18.4 Å². The summed E-state index contributed by atoms with van der Waals surface area (Å²) in [5.74, 6) is 0.336. The maximum Gasteiger partial charge on any atom is 0.378 e. The highest BCUT2D eigenvalue weighted by molar-refractivity contribution is 7.62. The molecule has 7 heteroatoms. The summed E-state index contributed by atoms with van der Waals surface area (Å²) in [5.41, 5.74) is 3.01. The minimum atomic E-state index is -3.73. The van der Waals surface area contributed by atoms with Crippen LogP contribution in [0.15, 0.2) is 72.8 Å². The predicted octanol–water partition coefficient (Wildman–Crippen LogP) is 6.26. The lowest BCUT2D eigenvalue weighted by atomic mass is 10.1. The summed E-state index contributed by atoms with van der Waals surface area (Å²) in [6, 6.07) is 21.9. The largest absolute Gasteiger partial charge is 0.497 e. The Morgan fingerprint density at radius 1 is 0.879 bits per heavy atom. The fourth-order valence-electron chi connectivity index (χ4n) is 4.06. The third kappa shape index (κ3) is 4.60. The molecular formula is C26H27FNO4P. The Bertz CT molecular complexity index is 1280. The van der Waals surface area contributed by atoms with E-state index in [1.165, 1.54) is 12.1 Å². The van der Waals surface area contributed by atoms with Crippen molar-refractivity contribution in [3.63, 3.8) is 0 Å². The number of halogens is 1. The summed E-state index contributed by atoms with van der Waals surface area (Å²) in [4.78, 5) is 0. The number of hydrogen-bond acceptors (Lipinski definition) is 4. The average Bonchev–Trinajstić information content (AvgIpc) is 3.14. The van der Waals surface area contributed by atoms with E-state index in [0.29, 0.717) is 28.4 Å². The van der Waals surface area contributed by atoms with Crippen LogP contribution in [0.4, 0.5) is 4.39 Å². The fourth-order valence-corrected chi connectivity index (χ4v) is 6.03. The van der Waals surface area contributed by atoms with Gasteiger partial charge in [0.15, 0.2) is 0 Å². The van der Waals surface area contributed by atoms with Gasteiger partial charge in [-0.05, 0) is 61.9 Å². The number of aromatic nitrogens is 1. The molecule has 0 aliphatic carbocycles. The molecule has 0 spiro atoms. The van der Waals surface area contributed by atoms with Crippen molar-refractivity contribution in [2.75, 3.05) is 20.3 Å². The van der Waals surface area contributed by atoms with Crippen LogP contribution in [-0.2, 0) is 20.0 Å². The molecule has 0 atom stereocenters. The lowest BCUT2D eigenvalue weighted by Crippen LogP contribution is -2.21. The zero-order valence-electron chi connectivity index (χ0n) is 19.0. The van der Waals surface area contributed by atoms with Crippen molar-refractivity contribution < 1.29 is 22.7 Å². The molecule has 4 aromatic rings. The number of ether oxygens (including phenoxy) is 1. The highest BCUT2D eigenvalue weighted by atomic mass is 31.2. The van der Waals surface area contributed by atoms with Crippen LogP contribution < -0.4 is 10.2 Å². The van der Waals surface area contributed by atoms with Crippen molar-refractivity contribution in [3.8, 4) is 11.4 Å². The van der Waals surface area contributed by atoms with Crippen molar-refractivity contribution in [1.82, 2.24) is 4.57 Å². The lowest BCUT2D eigenvalue weighted by molar-refractivity contribution is 0.229. The SMILES string of the molecule is CCOP(=O)(OCC)c1c2ccc(F)cc2c(Cc2ccccc2)n1-c1ccc(OC)cc1. The van der Waals surface area contributed by atoms with E-state index >= 15 is 0 Å². The molecule has 3 aromatic carbocycles. The zero-order chi connectivity index (χ0) is 23.4. The fraction of sp³-hybridized carbons (Fsp3) is 0.231. The Morgan fingerprint density at radius 3 is 2.15 bits per heavy atom. The summed E-state index contributed by atoms with van der Waals surface area (Å²) in [6.45, 7) is 3.97. The van der Waals surface area contributed by atoms with Gasteiger partial charge in [-0.15, -0.1) is 0 Å². The summed E-state index contributed by atoms with van der Waals surface area (Å²) < 4.78 is 47.3. The van der Waals surface area contributed by atoms with Crippen LogP contribution in [0.25, 0.3) is 16.5 Å². The minimum Gasteiger partial charge on any atom is -0.497 e. The van der Waals surface area contributed by atoms with Gasteiger partial charge in [0, 0.05) is 28.6 Å². The van der Waals surface area contributed by atoms with Crippen molar-refractivity contribution >= 4 is 23.8 Å². The molecule has 0 radical (unpaired) electrons. The highest BCUT2D eigenvalue weighted by Crippen LogP contribution is 2.50. The predicted molar refractivity (Wildman–Crippen MR) is 130 cm³/mol. The quantitative estimate of drug-likeness (QED) is 0.273. The molecule has 0 aliphatic heterocycles. The standard InChI is InChI=1S/C26H27FNO4P/c1-4-31-33(29,32-5-2)26-23-16-11-20(27)18-24(23)25(17-19-9-7-6-8-10-19)28(26)21-12-14-22(30-3)15-13-21/h6-16,18H,4-5,17H2,1-3H3. The molecule has 172 valence electrons. The summed E-state index contributed by atoms with van der Waals surface area (Å²) in [7, 11) is -2.13. The van der Waals surface area contributed by atoms with Crippen LogP contribution in [-0.4, -0.2) is 24.9 Å². The second-order valence-electron chi connectivity index (χ2n) is 7.49. The van der Waals surface area contributed by atoms with Crippen LogP contribution in [0.5, 0.6) is 5.75 Å². The Kier molecular flexibility index (Phi) is 6.99. The van der Waals surface area contributed by atoms with Gasteiger partial charge in [-0.3, -0.25) is 4.57 Å². The number of nitrogens with zero attached hydrogens (tertiary/aromatic N) is 1. The van der Waals surface area contributed by atoms with E-state index < -0.39 is 7.60 Å². The van der Waals surface area contributed by atoms with Crippen molar-refractivity contribution in [2.24, 2.45) is 0 Å². The number of hydrogen-bond donors (Lipinski definition) is 0. The first-order chi connectivity index (χ1) is 16.0. The Morgan fingerprint density at radius 2 is 1.55 bits per heavy atom. The van der Waals surface area contributed by atoms with Crippen molar-refractivity contribution in [3.05, 3.63) is 89.9 Å². The smallest absolute Gasteiger partial charge is 0.378 e. The van der Waals surface area contributed by atoms with E-state index in [1.54, 1.807) is 27.0 Å². The third-order valence-corrected chi connectivity index (χ3v) is 7.57. The molecule has 0 amide bonds. The first-order valence-electron chi connectivity index (χ1n) is 10.9. The molecule has 5 nitrogen and oxygen atoms in total. The second kappa shape index (κ2) is 9.92.